The highest BCUT2D eigenvalue weighted by molar-refractivity contribution is 7.20. The van der Waals surface area contributed by atoms with Gasteiger partial charge in [0.1, 0.15) is 11.2 Å². The Balaban J connectivity index is 1.13. The molecule has 10 aromatic carbocycles. The predicted molar refractivity (Wildman–Crippen MR) is 267 cm³/mol. The summed E-state index contributed by atoms with van der Waals surface area (Å²) in [6, 6.07) is 81.2. The van der Waals surface area contributed by atoms with E-state index >= 15 is 0 Å². The fourth-order valence-corrected chi connectivity index (χ4v) is 14.4. The molecule has 296 valence electrons. The highest BCUT2D eigenvalue weighted by Crippen LogP contribution is 2.40. The van der Waals surface area contributed by atoms with Gasteiger partial charge in [-0.25, -0.2) is 0 Å². The highest BCUT2D eigenvalue weighted by Gasteiger charge is 2.42. The molecule has 1 heterocycles. The first-order valence-electron chi connectivity index (χ1n) is 21.5. The largest absolute Gasteiger partial charge is 0.455 e. The van der Waals surface area contributed by atoms with Crippen LogP contribution >= 0.6 is 0 Å². The molecule has 11 aromatic rings. The number of para-hydroxylation sites is 1. The number of rotatable bonds is 8. The summed E-state index contributed by atoms with van der Waals surface area (Å²) >= 11 is 0. The first-order valence-corrected chi connectivity index (χ1v) is 23.5. The molecule has 0 unspecified atom stereocenters. The van der Waals surface area contributed by atoms with E-state index in [9.17, 15) is 0 Å². The Bertz CT molecular complexity index is 3300. The lowest BCUT2D eigenvalue weighted by atomic mass is 9.98. The molecule has 0 fully saturated rings. The Morgan fingerprint density at radius 2 is 0.903 bits per heavy atom. The minimum Gasteiger partial charge on any atom is -0.455 e. The van der Waals surface area contributed by atoms with Crippen LogP contribution in [0.25, 0.3) is 54.6 Å². The summed E-state index contributed by atoms with van der Waals surface area (Å²) in [7, 11) is -2.86. The van der Waals surface area contributed by atoms with Crippen molar-refractivity contribution in [1.29, 1.82) is 0 Å². The number of furan rings is 1. The van der Waals surface area contributed by atoms with Crippen molar-refractivity contribution in [3.05, 3.63) is 235 Å². The Labute approximate surface area is 364 Å². The molecule has 1 aromatic heterocycles. The van der Waals surface area contributed by atoms with Gasteiger partial charge in [0.15, 0.2) is 8.07 Å². The average molecular weight is 812 g/mol. The average Bonchev–Trinajstić information content (AvgIpc) is 3.70. The third-order valence-corrected chi connectivity index (χ3v) is 17.6. The van der Waals surface area contributed by atoms with Crippen molar-refractivity contribution in [3.63, 3.8) is 0 Å². The zero-order chi connectivity index (χ0) is 41.8. The third kappa shape index (κ3) is 6.32. The van der Waals surface area contributed by atoms with E-state index in [0.717, 1.165) is 49.8 Å². The molecular formula is C59H45NOSi. The quantitative estimate of drug-likeness (QED) is 0.112. The van der Waals surface area contributed by atoms with E-state index in [0.29, 0.717) is 0 Å². The lowest BCUT2D eigenvalue weighted by Crippen LogP contribution is -2.74. The molecule has 3 heteroatoms. The van der Waals surface area contributed by atoms with Crippen molar-refractivity contribution >= 4 is 89.4 Å². The van der Waals surface area contributed by atoms with Crippen molar-refractivity contribution in [3.8, 4) is 11.1 Å². The van der Waals surface area contributed by atoms with Gasteiger partial charge in [0.05, 0.1) is 0 Å². The van der Waals surface area contributed by atoms with Crippen LogP contribution < -0.4 is 25.6 Å². The Hall–Kier alpha value is -7.46. The maximum absolute atomic E-state index is 6.51. The number of hydrogen-bond donors (Lipinski definition) is 0. The van der Waals surface area contributed by atoms with Gasteiger partial charge in [-0.3, -0.25) is 0 Å². The second-order valence-corrected chi connectivity index (χ2v) is 20.6. The molecule has 62 heavy (non-hydrogen) atoms. The standard InChI is InChI=1S/C59H45NOSi/c1-40-18-30-49(31-19-40)62(50-32-20-41(2)21-33-50,51-34-22-42(3)23-35-51)52-13-9-12-47(39-52)60(46-27-24-44(25-28-46)54-16-8-11-43-10-4-5-14-53(43)54)48-29-37-55-45(38-48)26-36-57-56-15-6-7-17-58(56)61-59(55)57/h4-39H,1-3H3. The summed E-state index contributed by atoms with van der Waals surface area (Å²) in [6.45, 7) is 6.53. The van der Waals surface area contributed by atoms with Gasteiger partial charge in [-0.15, -0.1) is 0 Å². The van der Waals surface area contributed by atoms with Crippen LogP contribution in [0, 0.1) is 20.8 Å². The van der Waals surface area contributed by atoms with Crippen LogP contribution in [0.2, 0.25) is 0 Å². The topological polar surface area (TPSA) is 16.4 Å². The lowest BCUT2D eigenvalue weighted by molar-refractivity contribution is 0.672. The number of anilines is 3. The molecule has 0 amide bonds. The first kappa shape index (κ1) is 37.5. The van der Waals surface area contributed by atoms with E-state index in [1.54, 1.807) is 0 Å². The number of fused-ring (bicyclic) bond motifs is 6. The van der Waals surface area contributed by atoms with E-state index in [4.69, 9.17) is 4.42 Å². The van der Waals surface area contributed by atoms with Crippen LogP contribution in [0.1, 0.15) is 16.7 Å². The predicted octanol–water partition coefficient (Wildman–Crippen LogP) is 13.3. The summed E-state index contributed by atoms with van der Waals surface area (Å²) in [5, 5.41) is 12.4. The van der Waals surface area contributed by atoms with E-state index in [1.807, 2.05) is 6.07 Å². The van der Waals surface area contributed by atoms with Crippen LogP contribution in [0.5, 0.6) is 0 Å². The van der Waals surface area contributed by atoms with Crippen molar-refractivity contribution in [2.45, 2.75) is 20.8 Å². The molecule has 0 radical (unpaired) electrons. The monoisotopic (exact) mass is 811 g/mol. The van der Waals surface area contributed by atoms with Crippen LogP contribution in [0.3, 0.4) is 0 Å². The Morgan fingerprint density at radius 1 is 0.355 bits per heavy atom. The summed E-state index contributed by atoms with van der Waals surface area (Å²) in [6.07, 6.45) is 0. The zero-order valence-corrected chi connectivity index (χ0v) is 36.1. The SMILES string of the molecule is Cc1ccc([Si](c2ccc(C)cc2)(c2ccc(C)cc2)c2cccc(N(c3ccc(-c4cccc5ccccc45)cc3)c3ccc4c(ccc5c6ccccc6oc45)c3)c2)cc1. The second kappa shape index (κ2) is 15.2. The summed E-state index contributed by atoms with van der Waals surface area (Å²) in [4.78, 5) is 2.43. The van der Waals surface area contributed by atoms with Gasteiger partial charge in [0.2, 0.25) is 0 Å². The molecule has 0 saturated carbocycles. The van der Waals surface area contributed by atoms with Crippen molar-refractivity contribution < 1.29 is 4.42 Å². The highest BCUT2D eigenvalue weighted by atomic mass is 28.3. The van der Waals surface area contributed by atoms with E-state index in [2.05, 4.69) is 238 Å². The van der Waals surface area contributed by atoms with Crippen LogP contribution in [0.4, 0.5) is 17.1 Å². The second-order valence-electron chi connectivity index (χ2n) is 16.8. The van der Waals surface area contributed by atoms with Crippen LogP contribution in [-0.2, 0) is 0 Å². The summed E-state index contributed by atoms with van der Waals surface area (Å²) < 4.78 is 6.51. The molecule has 0 aliphatic carbocycles. The number of hydrogen-bond acceptors (Lipinski definition) is 2. The lowest BCUT2D eigenvalue weighted by Gasteiger charge is -2.36. The molecule has 0 aliphatic rings. The molecule has 0 atom stereocenters. The van der Waals surface area contributed by atoms with Gasteiger partial charge in [0.25, 0.3) is 0 Å². The van der Waals surface area contributed by atoms with Gasteiger partial charge < -0.3 is 9.32 Å². The van der Waals surface area contributed by atoms with Gasteiger partial charge >= 0.3 is 0 Å². The number of benzene rings is 10. The third-order valence-electron chi connectivity index (χ3n) is 12.8. The molecule has 0 bridgehead atoms. The molecule has 2 nitrogen and oxygen atoms in total. The fourth-order valence-electron chi connectivity index (χ4n) is 9.64. The maximum atomic E-state index is 6.51. The number of nitrogens with zero attached hydrogens (tertiary/aromatic N) is 1. The Kier molecular flexibility index (Phi) is 9.21. The Morgan fingerprint density at radius 3 is 1.58 bits per heavy atom. The smallest absolute Gasteiger partial charge is 0.179 e. The van der Waals surface area contributed by atoms with Crippen LogP contribution in [-0.4, -0.2) is 8.07 Å². The van der Waals surface area contributed by atoms with Crippen LogP contribution in [0.15, 0.2) is 223 Å². The summed E-state index contributed by atoms with van der Waals surface area (Å²) in [5.41, 5.74) is 11.3. The molecular weight excluding hydrogens is 767 g/mol. The molecule has 0 aliphatic heterocycles. The maximum Gasteiger partial charge on any atom is 0.179 e. The first-order chi connectivity index (χ1) is 30.4. The van der Waals surface area contributed by atoms with E-state index in [1.165, 1.54) is 59.3 Å². The molecule has 0 N–H and O–H groups in total. The molecule has 11 rings (SSSR count). The summed E-state index contributed by atoms with van der Waals surface area (Å²) in [5.74, 6) is 0. The zero-order valence-electron chi connectivity index (χ0n) is 35.1. The fraction of sp³-hybridized carbons (Fsp3) is 0.0508. The minimum atomic E-state index is -2.86. The van der Waals surface area contributed by atoms with E-state index < -0.39 is 8.07 Å². The van der Waals surface area contributed by atoms with Crippen molar-refractivity contribution in [1.82, 2.24) is 0 Å². The van der Waals surface area contributed by atoms with Gasteiger partial charge in [0, 0.05) is 33.2 Å². The van der Waals surface area contributed by atoms with Crippen molar-refractivity contribution in [2.24, 2.45) is 0 Å². The van der Waals surface area contributed by atoms with Gasteiger partial charge in [-0.1, -0.05) is 180 Å². The van der Waals surface area contributed by atoms with Crippen molar-refractivity contribution in [2.75, 3.05) is 4.90 Å². The number of aryl methyl sites for hydroxylation is 3. The van der Waals surface area contributed by atoms with Gasteiger partial charge in [-0.2, -0.15) is 0 Å². The van der Waals surface area contributed by atoms with E-state index in [-0.39, 0.29) is 0 Å². The molecule has 0 spiro atoms. The van der Waals surface area contributed by atoms with Gasteiger partial charge in [-0.05, 0) is 123 Å². The molecule has 0 saturated heterocycles. The normalized spacial score (nSPS) is 11.8. The minimum absolute atomic E-state index is 0.909.